The molecule has 3 heterocycles. The molecule has 8 nitrogen and oxygen atoms in total. The third-order valence-corrected chi connectivity index (χ3v) is 6.70. The van der Waals surface area contributed by atoms with E-state index in [1.807, 2.05) is 0 Å². The second-order valence-electron chi connectivity index (χ2n) is 7.94. The molecule has 0 aliphatic carbocycles. The molecule has 0 radical (unpaired) electrons. The number of hydrogen-bond donors (Lipinski definition) is 3. The summed E-state index contributed by atoms with van der Waals surface area (Å²) in [6.07, 6.45) is -3.17. The van der Waals surface area contributed by atoms with Gasteiger partial charge in [0.05, 0.1) is 28.6 Å². The van der Waals surface area contributed by atoms with Crippen molar-refractivity contribution in [3.05, 3.63) is 85.2 Å². The Balaban J connectivity index is 1.60. The first-order valence-electron chi connectivity index (χ1n) is 10.6. The summed E-state index contributed by atoms with van der Waals surface area (Å²) >= 11 is 6.99. The van der Waals surface area contributed by atoms with Gasteiger partial charge in [0.15, 0.2) is 11.0 Å². The van der Waals surface area contributed by atoms with Gasteiger partial charge in [-0.15, -0.1) is 0 Å². The quantitative estimate of drug-likeness (QED) is 0.349. The standard InChI is InChI=1S/C23H17ClF3N7OS/c1-11-30-19(34-32-11)10-28-22-31-21(35)20(36-22)16(12-3-5-18-14(6-12)9-29-33-18)7-13-2-4-15(24)8-17(13)23(25,26)27/h2-6,8-9,35H,7,10H2,1H3,(H,28,31)(H,30,32,34). The minimum absolute atomic E-state index is 0.0132. The van der Waals surface area contributed by atoms with Gasteiger partial charge in [0.1, 0.15) is 5.82 Å². The predicted octanol–water partition coefficient (Wildman–Crippen LogP) is 3.97. The lowest BCUT2D eigenvalue weighted by atomic mass is 9.96. The minimum atomic E-state index is -4.61. The van der Waals surface area contributed by atoms with Crippen LogP contribution in [0.15, 0.2) is 46.6 Å². The van der Waals surface area contributed by atoms with E-state index in [2.05, 4.69) is 35.7 Å². The number of aromatic amines is 1. The van der Waals surface area contributed by atoms with E-state index in [4.69, 9.17) is 11.6 Å². The number of hydrogen-bond acceptors (Lipinski definition) is 8. The Bertz CT molecular complexity index is 1610. The Morgan fingerprint density at radius 1 is 1.17 bits per heavy atom. The molecule has 0 fully saturated rings. The van der Waals surface area contributed by atoms with Gasteiger partial charge >= 0.3 is 6.18 Å². The molecule has 0 saturated heterocycles. The van der Waals surface area contributed by atoms with E-state index in [9.17, 15) is 18.3 Å². The molecule has 0 unspecified atom stereocenters. The smallest absolute Gasteiger partial charge is 0.416 e. The van der Waals surface area contributed by atoms with Gasteiger partial charge < -0.3 is 10.4 Å². The molecule has 4 aromatic rings. The van der Waals surface area contributed by atoms with Crippen LogP contribution in [0.4, 0.5) is 18.3 Å². The summed E-state index contributed by atoms with van der Waals surface area (Å²) in [6.45, 7) is 2.02. The summed E-state index contributed by atoms with van der Waals surface area (Å²) in [5.41, 5.74) is 0.356. The number of rotatable bonds is 6. The second kappa shape index (κ2) is 9.36. The number of fused-ring (bicyclic) bond motifs is 1. The lowest BCUT2D eigenvalue weighted by Crippen LogP contribution is -2.17. The van der Waals surface area contributed by atoms with Crippen LogP contribution in [-0.4, -0.2) is 31.5 Å². The molecule has 0 saturated carbocycles. The van der Waals surface area contributed by atoms with Crippen LogP contribution >= 0.6 is 22.9 Å². The van der Waals surface area contributed by atoms with Gasteiger partial charge in [-0.3, -0.25) is 5.10 Å². The molecule has 0 spiro atoms. The van der Waals surface area contributed by atoms with Gasteiger partial charge in [-0.25, -0.2) is 4.98 Å². The monoisotopic (exact) mass is 531 g/mol. The molecule has 1 aliphatic heterocycles. The maximum absolute atomic E-state index is 13.8. The summed E-state index contributed by atoms with van der Waals surface area (Å²) in [7, 11) is 0. The number of thiazole rings is 1. The third-order valence-electron chi connectivity index (χ3n) is 5.41. The summed E-state index contributed by atoms with van der Waals surface area (Å²) in [5, 5.41) is 30.0. The zero-order chi connectivity index (χ0) is 25.4. The number of aromatic nitrogens is 4. The van der Waals surface area contributed by atoms with Crippen LogP contribution in [0.5, 0.6) is 5.88 Å². The largest absolute Gasteiger partial charge is 0.492 e. The Morgan fingerprint density at radius 3 is 2.75 bits per heavy atom. The second-order valence-corrected chi connectivity index (χ2v) is 9.37. The topological polar surface area (TPSA) is 111 Å². The first-order valence-corrected chi connectivity index (χ1v) is 11.8. The van der Waals surface area contributed by atoms with Crippen molar-refractivity contribution >= 4 is 39.9 Å². The maximum atomic E-state index is 13.8. The fourth-order valence-electron chi connectivity index (χ4n) is 3.77. The van der Waals surface area contributed by atoms with Gasteiger partial charge in [0.25, 0.3) is 0 Å². The fourth-order valence-corrected chi connectivity index (χ4v) is 4.86. The number of aromatic hydroxyl groups is 1. The number of halogens is 4. The van der Waals surface area contributed by atoms with Crippen LogP contribution in [0.2, 0.25) is 5.02 Å². The number of benzene rings is 2. The van der Waals surface area contributed by atoms with Crippen LogP contribution in [0.3, 0.4) is 0 Å². The van der Waals surface area contributed by atoms with Crippen molar-refractivity contribution in [3.8, 4) is 5.88 Å². The zero-order valence-electron chi connectivity index (χ0n) is 18.6. The average Bonchev–Trinajstić information content (AvgIpc) is 3.55. The van der Waals surface area contributed by atoms with Crippen molar-refractivity contribution < 1.29 is 18.3 Å². The molecule has 0 atom stereocenters. The van der Waals surface area contributed by atoms with E-state index in [1.54, 1.807) is 31.3 Å². The van der Waals surface area contributed by atoms with E-state index in [1.165, 1.54) is 12.1 Å². The molecular formula is C23H17ClF3N7OS. The van der Waals surface area contributed by atoms with Crippen molar-refractivity contribution in [2.24, 2.45) is 10.2 Å². The van der Waals surface area contributed by atoms with E-state index in [-0.39, 0.29) is 29.4 Å². The molecule has 0 bridgehead atoms. The van der Waals surface area contributed by atoms with Gasteiger partial charge in [-0.2, -0.15) is 33.5 Å². The first kappa shape index (κ1) is 23.9. The van der Waals surface area contributed by atoms with E-state index in [0.717, 1.165) is 23.0 Å². The molecule has 1 aliphatic rings. The molecule has 36 heavy (non-hydrogen) atoms. The average molecular weight is 532 g/mol. The van der Waals surface area contributed by atoms with Crippen LogP contribution in [0, 0.1) is 6.92 Å². The highest BCUT2D eigenvalue weighted by Gasteiger charge is 2.34. The van der Waals surface area contributed by atoms with Crippen molar-refractivity contribution in [1.82, 2.24) is 20.2 Å². The number of alkyl halides is 3. The van der Waals surface area contributed by atoms with Crippen LogP contribution in [0.1, 0.15) is 33.2 Å². The highest BCUT2D eigenvalue weighted by molar-refractivity contribution is 7.16. The Hall–Kier alpha value is -3.77. The van der Waals surface area contributed by atoms with Crippen LogP contribution < -0.4 is 15.9 Å². The highest BCUT2D eigenvalue weighted by Crippen LogP contribution is 2.38. The predicted molar refractivity (Wildman–Crippen MR) is 130 cm³/mol. The van der Waals surface area contributed by atoms with Gasteiger partial charge in [-0.1, -0.05) is 35.1 Å². The Labute approximate surface area is 210 Å². The van der Waals surface area contributed by atoms with Gasteiger partial charge in [-0.05, 0) is 47.5 Å². The number of anilines is 1. The summed E-state index contributed by atoms with van der Waals surface area (Å²) in [6, 6.07) is 8.90. The summed E-state index contributed by atoms with van der Waals surface area (Å²) in [4.78, 5) is 8.71. The Kier molecular flexibility index (Phi) is 6.22. The molecule has 2 aromatic heterocycles. The fraction of sp³-hybridized carbons (Fsp3) is 0.174. The molecule has 5 rings (SSSR count). The molecule has 184 valence electrons. The van der Waals surface area contributed by atoms with E-state index >= 15 is 0 Å². The first-order chi connectivity index (χ1) is 17.2. The van der Waals surface area contributed by atoms with Crippen molar-refractivity contribution in [2.75, 3.05) is 5.32 Å². The maximum Gasteiger partial charge on any atom is 0.416 e. The number of nitrogens with zero attached hydrogens (tertiary/aromatic N) is 5. The lowest BCUT2D eigenvalue weighted by molar-refractivity contribution is -0.138. The van der Waals surface area contributed by atoms with Crippen LogP contribution in [0.25, 0.3) is 5.57 Å². The molecule has 3 N–H and O–H groups in total. The van der Waals surface area contributed by atoms with E-state index < -0.39 is 11.7 Å². The van der Waals surface area contributed by atoms with E-state index in [0.29, 0.717) is 37.8 Å². The van der Waals surface area contributed by atoms with Gasteiger partial charge in [0, 0.05) is 17.0 Å². The minimum Gasteiger partial charge on any atom is -0.492 e. The van der Waals surface area contributed by atoms with Gasteiger partial charge in [0.2, 0.25) is 5.88 Å². The molecule has 0 amide bonds. The Morgan fingerprint density at radius 2 is 2.00 bits per heavy atom. The zero-order valence-corrected chi connectivity index (χ0v) is 20.1. The normalized spacial score (nSPS) is 13.5. The SMILES string of the molecule is Cc1nc(CNc2nc(O)c(C(Cc3ccc(Cl)cc3C(F)(F)F)=c3ccc4c(c3)C=NN=4)s2)n[nH]1. The highest BCUT2D eigenvalue weighted by atomic mass is 35.5. The lowest BCUT2D eigenvalue weighted by Gasteiger charge is -2.15. The molecule has 13 heteroatoms. The summed E-state index contributed by atoms with van der Waals surface area (Å²) < 4.78 is 41.5. The third kappa shape index (κ3) is 4.95. The number of aryl methyl sites for hydroxylation is 1. The molecular weight excluding hydrogens is 515 g/mol. The van der Waals surface area contributed by atoms with Crippen LogP contribution in [-0.2, 0) is 19.1 Å². The summed E-state index contributed by atoms with van der Waals surface area (Å²) in [5.74, 6) is 0.857. The van der Waals surface area contributed by atoms with Crippen molar-refractivity contribution in [1.29, 1.82) is 0 Å². The van der Waals surface area contributed by atoms with Crippen molar-refractivity contribution in [3.63, 3.8) is 0 Å². The molecule has 2 aromatic carbocycles. The number of H-pyrrole nitrogens is 1. The number of nitrogens with one attached hydrogen (secondary N) is 2. The van der Waals surface area contributed by atoms with Crippen molar-refractivity contribution in [2.45, 2.75) is 26.1 Å².